The summed E-state index contributed by atoms with van der Waals surface area (Å²) in [6.07, 6.45) is 3.30. The van der Waals surface area contributed by atoms with Gasteiger partial charge < -0.3 is 10.6 Å². The number of rotatable bonds is 7. The molecule has 0 saturated carbocycles. The van der Waals surface area contributed by atoms with Crippen molar-refractivity contribution in [2.45, 2.75) is 44.8 Å². The molecule has 2 rings (SSSR count). The van der Waals surface area contributed by atoms with Gasteiger partial charge in [-0.1, -0.05) is 6.92 Å². The Morgan fingerprint density at radius 1 is 1.24 bits per heavy atom. The van der Waals surface area contributed by atoms with Gasteiger partial charge in [0.05, 0.1) is 11.0 Å². The van der Waals surface area contributed by atoms with Crippen LogP contribution >= 0.6 is 0 Å². The number of nitrogens with one attached hydrogen (secondary N) is 2. The van der Waals surface area contributed by atoms with Crippen LogP contribution in [0.5, 0.6) is 0 Å². The second-order valence-electron chi connectivity index (χ2n) is 5.35. The van der Waals surface area contributed by atoms with Gasteiger partial charge in [0.1, 0.15) is 17.5 Å². The Balaban J connectivity index is 2.07. The summed E-state index contributed by atoms with van der Waals surface area (Å²) < 4.78 is 23.7. The molecule has 2 heterocycles. The lowest BCUT2D eigenvalue weighted by molar-refractivity contribution is 0.591. The van der Waals surface area contributed by atoms with Crippen LogP contribution in [0, 0.1) is 0 Å². The van der Waals surface area contributed by atoms with E-state index in [1.54, 1.807) is 0 Å². The number of hydrogen-bond donors (Lipinski definition) is 2. The highest BCUT2D eigenvalue weighted by Crippen LogP contribution is 2.21. The Hall–Kier alpha value is -1.37. The Labute approximate surface area is 126 Å². The van der Waals surface area contributed by atoms with Crippen LogP contribution in [-0.4, -0.2) is 42.5 Å². The number of anilines is 2. The molecule has 1 aromatic rings. The summed E-state index contributed by atoms with van der Waals surface area (Å²) >= 11 is 0. The summed E-state index contributed by atoms with van der Waals surface area (Å²) in [6.45, 7) is 5.32. The fourth-order valence-electron chi connectivity index (χ4n) is 2.50. The number of aromatic nitrogens is 2. The van der Waals surface area contributed by atoms with Crippen LogP contribution < -0.4 is 10.6 Å². The van der Waals surface area contributed by atoms with Gasteiger partial charge in [-0.05, 0) is 26.2 Å². The summed E-state index contributed by atoms with van der Waals surface area (Å²) in [4.78, 5) is 8.90. The molecule has 118 valence electrons. The van der Waals surface area contributed by atoms with E-state index in [4.69, 9.17) is 0 Å². The van der Waals surface area contributed by atoms with E-state index in [1.165, 1.54) is 0 Å². The Kier molecular flexibility index (Phi) is 5.39. The van der Waals surface area contributed by atoms with Crippen LogP contribution in [0.25, 0.3) is 0 Å². The van der Waals surface area contributed by atoms with E-state index in [2.05, 4.69) is 27.5 Å². The zero-order valence-electron chi connectivity index (χ0n) is 12.7. The Morgan fingerprint density at radius 3 is 2.52 bits per heavy atom. The standard InChI is InChI=1S/C14H24N4O2S/c1-3-6-12-17-13(15-4-2)9-14(18-12)16-10-11-7-5-8-21(11,19)20/h9,11H,3-8,10H2,1-2H3,(H2,15,16,17,18). The van der Waals surface area contributed by atoms with Crippen molar-refractivity contribution in [3.63, 3.8) is 0 Å². The Bertz CT molecular complexity index is 550. The van der Waals surface area contributed by atoms with Crippen molar-refractivity contribution in [3.8, 4) is 0 Å². The molecule has 0 bridgehead atoms. The summed E-state index contributed by atoms with van der Waals surface area (Å²) in [6, 6.07) is 1.84. The normalized spacial score (nSPS) is 20.4. The zero-order valence-corrected chi connectivity index (χ0v) is 13.5. The fraction of sp³-hybridized carbons (Fsp3) is 0.714. The van der Waals surface area contributed by atoms with Crippen molar-refractivity contribution in [2.24, 2.45) is 0 Å². The lowest BCUT2D eigenvalue weighted by atomic mass is 10.2. The molecule has 1 fully saturated rings. The minimum absolute atomic E-state index is 0.287. The highest BCUT2D eigenvalue weighted by molar-refractivity contribution is 7.92. The van der Waals surface area contributed by atoms with Gasteiger partial charge in [-0.15, -0.1) is 0 Å². The molecule has 21 heavy (non-hydrogen) atoms. The summed E-state index contributed by atoms with van der Waals surface area (Å²) in [7, 11) is -2.92. The lowest BCUT2D eigenvalue weighted by Gasteiger charge is -2.13. The highest BCUT2D eigenvalue weighted by Gasteiger charge is 2.30. The van der Waals surface area contributed by atoms with Crippen molar-refractivity contribution in [3.05, 3.63) is 11.9 Å². The zero-order chi connectivity index (χ0) is 15.3. The third-order valence-corrected chi connectivity index (χ3v) is 5.85. The third kappa shape index (κ3) is 4.30. The van der Waals surface area contributed by atoms with E-state index in [1.807, 2.05) is 13.0 Å². The first-order chi connectivity index (χ1) is 10.0. The van der Waals surface area contributed by atoms with Crippen molar-refractivity contribution in [1.29, 1.82) is 0 Å². The van der Waals surface area contributed by atoms with Crippen molar-refractivity contribution < 1.29 is 8.42 Å². The van der Waals surface area contributed by atoms with Crippen LogP contribution in [0.3, 0.4) is 0 Å². The van der Waals surface area contributed by atoms with Gasteiger partial charge in [0.2, 0.25) is 0 Å². The topological polar surface area (TPSA) is 84.0 Å². The van der Waals surface area contributed by atoms with Crippen LogP contribution in [-0.2, 0) is 16.3 Å². The van der Waals surface area contributed by atoms with Crippen LogP contribution in [0.1, 0.15) is 38.9 Å². The van der Waals surface area contributed by atoms with Gasteiger partial charge in [-0.2, -0.15) is 0 Å². The molecule has 0 aliphatic carbocycles. The molecule has 0 aromatic carbocycles. The van der Waals surface area contributed by atoms with Gasteiger partial charge >= 0.3 is 0 Å². The molecule has 1 unspecified atom stereocenters. The van der Waals surface area contributed by atoms with Gasteiger partial charge in [0, 0.05) is 25.6 Å². The van der Waals surface area contributed by atoms with Crippen molar-refractivity contribution in [2.75, 3.05) is 29.5 Å². The molecule has 0 radical (unpaired) electrons. The molecule has 1 aromatic heterocycles. The predicted octanol–water partition coefficient (Wildman–Crippen LogP) is 1.85. The second kappa shape index (κ2) is 7.06. The number of aryl methyl sites for hydroxylation is 1. The second-order valence-corrected chi connectivity index (χ2v) is 7.75. The maximum atomic E-state index is 11.8. The van der Waals surface area contributed by atoms with E-state index < -0.39 is 9.84 Å². The molecule has 1 aliphatic rings. The van der Waals surface area contributed by atoms with Crippen LogP contribution in [0.2, 0.25) is 0 Å². The van der Waals surface area contributed by atoms with Crippen LogP contribution in [0.15, 0.2) is 6.07 Å². The number of hydrogen-bond acceptors (Lipinski definition) is 6. The summed E-state index contributed by atoms with van der Waals surface area (Å²) in [5, 5.41) is 6.06. The molecule has 2 N–H and O–H groups in total. The van der Waals surface area contributed by atoms with Crippen LogP contribution in [0.4, 0.5) is 11.6 Å². The minimum Gasteiger partial charge on any atom is -0.370 e. The molecular formula is C14H24N4O2S. The van der Waals surface area contributed by atoms with Gasteiger partial charge in [-0.25, -0.2) is 18.4 Å². The largest absolute Gasteiger partial charge is 0.370 e. The first kappa shape index (κ1) is 16.0. The van der Waals surface area contributed by atoms with E-state index >= 15 is 0 Å². The van der Waals surface area contributed by atoms with Crippen molar-refractivity contribution >= 4 is 21.5 Å². The summed E-state index contributed by atoms with van der Waals surface area (Å²) in [5.41, 5.74) is 0. The highest BCUT2D eigenvalue weighted by atomic mass is 32.2. The molecular weight excluding hydrogens is 288 g/mol. The maximum absolute atomic E-state index is 11.8. The molecule has 7 heteroatoms. The summed E-state index contributed by atoms with van der Waals surface area (Å²) in [5.74, 6) is 2.58. The lowest BCUT2D eigenvalue weighted by Crippen LogP contribution is -2.25. The smallest absolute Gasteiger partial charge is 0.154 e. The average molecular weight is 312 g/mol. The molecule has 0 spiro atoms. The molecule has 0 amide bonds. The first-order valence-corrected chi connectivity index (χ1v) is 9.34. The first-order valence-electron chi connectivity index (χ1n) is 7.62. The fourth-order valence-corrected chi connectivity index (χ4v) is 4.27. The Morgan fingerprint density at radius 2 is 1.95 bits per heavy atom. The quantitative estimate of drug-likeness (QED) is 0.799. The molecule has 1 saturated heterocycles. The third-order valence-electron chi connectivity index (χ3n) is 3.58. The molecule has 6 nitrogen and oxygen atoms in total. The van der Waals surface area contributed by atoms with Gasteiger partial charge in [-0.3, -0.25) is 0 Å². The number of nitrogens with zero attached hydrogens (tertiary/aromatic N) is 2. The van der Waals surface area contributed by atoms with Crippen molar-refractivity contribution in [1.82, 2.24) is 9.97 Å². The predicted molar refractivity (Wildman–Crippen MR) is 85.5 cm³/mol. The van der Waals surface area contributed by atoms with Gasteiger partial charge in [0.25, 0.3) is 0 Å². The molecule has 1 aliphatic heterocycles. The van der Waals surface area contributed by atoms with E-state index in [0.717, 1.165) is 43.9 Å². The minimum atomic E-state index is -2.92. The number of sulfone groups is 1. The van der Waals surface area contributed by atoms with E-state index in [9.17, 15) is 8.42 Å². The monoisotopic (exact) mass is 312 g/mol. The van der Waals surface area contributed by atoms with Gasteiger partial charge in [0.15, 0.2) is 9.84 Å². The van der Waals surface area contributed by atoms with E-state index in [0.29, 0.717) is 18.1 Å². The maximum Gasteiger partial charge on any atom is 0.154 e. The molecule has 1 atom stereocenters. The SMILES string of the molecule is CCCc1nc(NCC)cc(NCC2CCCS2(=O)=O)n1. The van der Waals surface area contributed by atoms with E-state index in [-0.39, 0.29) is 5.25 Å². The average Bonchev–Trinajstić information content (AvgIpc) is 2.76.